The Bertz CT molecular complexity index is 498. The van der Waals surface area contributed by atoms with Gasteiger partial charge >= 0.3 is 0 Å². The zero-order valence-corrected chi connectivity index (χ0v) is 12.0. The van der Waals surface area contributed by atoms with Gasteiger partial charge in [0, 0.05) is 12.5 Å². The largest absolute Gasteiger partial charge is 0.315 e. The summed E-state index contributed by atoms with van der Waals surface area (Å²) in [6, 6.07) is 8.22. The van der Waals surface area contributed by atoms with Crippen LogP contribution in [0.5, 0.6) is 0 Å². The summed E-state index contributed by atoms with van der Waals surface area (Å²) in [5.41, 5.74) is 0. The van der Waals surface area contributed by atoms with E-state index in [9.17, 15) is 13.2 Å². The quantitative estimate of drug-likeness (QED) is 0.739. The third kappa shape index (κ3) is 5.85. The number of sulfonamides is 1. The molecule has 0 aliphatic heterocycles. The number of hydrogen-bond acceptors (Lipinski definition) is 4. The fourth-order valence-electron chi connectivity index (χ4n) is 1.50. The lowest BCUT2D eigenvalue weighted by Gasteiger charge is -2.08. The number of nitrogens with one attached hydrogen (secondary N) is 2. The predicted molar refractivity (Wildman–Crippen MR) is 74.1 cm³/mol. The second kappa shape index (κ2) is 7.25. The Kier molecular flexibility index (Phi) is 5.98. The van der Waals surface area contributed by atoms with E-state index >= 15 is 0 Å². The fraction of sp³-hybridized carbons (Fsp3) is 0.462. The fourth-order valence-corrected chi connectivity index (χ4v) is 2.53. The number of hydrogen-bond donors (Lipinski definition) is 2. The van der Waals surface area contributed by atoms with Crippen molar-refractivity contribution in [3.8, 4) is 0 Å². The van der Waals surface area contributed by atoms with Crippen LogP contribution in [0.2, 0.25) is 0 Å². The zero-order valence-electron chi connectivity index (χ0n) is 11.2. The smallest absolute Gasteiger partial charge is 0.264 e. The maximum absolute atomic E-state index is 11.8. The van der Waals surface area contributed by atoms with Gasteiger partial charge in [-0.2, -0.15) is 0 Å². The van der Waals surface area contributed by atoms with Gasteiger partial charge < -0.3 is 5.32 Å². The van der Waals surface area contributed by atoms with Gasteiger partial charge in [0.05, 0.1) is 4.90 Å². The molecule has 1 aromatic rings. The van der Waals surface area contributed by atoms with E-state index in [1.165, 1.54) is 12.1 Å². The monoisotopic (exact) mass is 284 g/mol. The van der Waals surface area contributed by atoms with E-state index in [0.29, 0.717) is 19.0 Å². The molecule has 0 radical (unpaired) electrons. The molecule has 0 atom stereocenters. The summed E-state index contributed by atoms with van der Waals surface area (Å²) in [7, 11) is -3.73. The van der Waals surface area contributed by atoms with E-state index in [1.807, 2.05) is 13.8 Å². The van der Waals surface area contributed by atoms with E-state index in [0.717, 1.165) is 0 Å². The second-order valence-corrected chi connectivity index (χ2v) is 6.24. The van der Waals surface area contributed by atoms with Crippen LogP contribution in [0.1, 0.15) is 26.7 Å². The molecule has 19 heavy (non-hydrogen) atoms. The van der Waals surface area contributed by atoms with Crippen molar-refractivity contribution < 1.29 is 13.2 Å². The highest BCUT2D eigenvalue weighted by atomic mass is 32.2. The number of carbonyl (C=O) groups excluding carboxylic acids is 1. The minimum absolute atomic E-state index is 0.101. The molecular weight excluding hydrogens is 264 g/mol. The Morgan fingerprint density at radius 3 is 2.42 bits per heavy atom. The second-order valence-electron chi connectivity index (χ2n) is 4.55. The van der Waals surface area contributed by atoms with Crippen LogP contribution in [0, 0.1) is 0 Å². The van der Waals surface area contributed by atoms with Crippen molar-refractivity contribution in [3.63, 3.8) is 0 Å². The average Bonchev–Trinajstić information content (AvgIpc) is 2.35. The van der Waals surface area contributed by atoms with Crippen LogP contribution in [-0.4, -0.2) is 26.9 Å². The maximum atomic E-state index is 11.8. The predicted octanol–water partition coefficient (Wildman–Crippen LogP) is 1.27. The average molecular weight is 284 g/mol. The van der Waals surface area contributed by atoms with Gasteiger partial charge in [0.25, 0.3) is 10.0 Å². The molecule has 0 fully saturated rings. The summed E-state index contributed by atoms with van der Waals surface area (Å²) in [6.07, 6.45) is 0.792. The molecule has 106 valence electrons. The van der Waals surface area contributed by atoms with Gasteiger partial charge in [-0.15, -0.1) is 0 Å². The lowest BCUT2D eigenvalue weighted by molar-refractivity contribution is -0.119. The first-order valence-electron chi connectivity index (χ1n) is 6.26. The van der Waals surface area contributed by atoms with Crippen molar-refractivity contribution in [2.24, 2.45) is 0 Å². The van der Waals surface area contributed by atoms with Gasteiger partial charge in [0.2, 0.25) is 5.91 Å². The minimum atomic E-state index is -3.73. The first kappa shape index (κ1) is 15.7. The molecule has 0 saturated heterocycles. The molecule has 0 aromatic heterocycles. The van der Waals surface area contributed by atoms with Gasteiger partial charge in [-0.05, 0) is 25.1 Å². The van der Waals surface area contributed by atoms with Crippen LogP contribution in [0.3, 0.4) is 0 Å². The molecule has 0 aliphatic rings. The molecule has 1 aromatic carbocycles. The lowest BCUT2D eigenvalue weighted by Crippen LogP contribution is -2.31. The number of carbonyl (C=O) groups is 1. The summed E-state index contributed by atoms with van der Waals surface area (Å²) in [5, 5.41) is 3.17. The van der Waals surface area contributed by atoms with Crippen LogP contribution >= 0.6 is 0 Å². The van der Waals surface area contributed by atoms with Crippen LogP contribution in [0.4, 0.5) is 0 Å². The van der Waals surface area contributed by atoms with Crippen molar-refractivity contribution in [2.45, 2.75) is 37.6 Å². The lowest BCUT2D eigenvalue weighted by atomic mass is 10.3. The third-order valence-corrected chi connectivity index (χ3v) is 3.82. The third-order valence-electron chi connectivity index (χ3n) is 2.43. The van der Waals surface area contributed by atoms with Crippen LogP contribution in [0.25, 0.3) is 0 Å². The maximum Gasteiger partial charge on any atom is 0.264 e. The van der Waals surface area contributed by atoms with Crippen molar-refractivity contribution in [1.29, 1.82) is 0 Å². The molecule has 0 saturated carbocycles. The molecule has 0 heterocycles. The highest BCUT2D eigenvalue weighted by Gasteiger charge is 2.16. The molecule has 2 N–H and O–H groups in total. The summed E-state index contributed by atoms with van der Waals surface area (Å²) < 4.78 is 25.7. The molecular formula is C13H20N2O3S. The van der Waals surface area contributed by atoms with E-state index in [-0.39, 0.29) is 11.3 Å². The van der Waals surface area contributed by atoms with Gasteiger partial charge in [-0.3, -0.25) is 4.79 Å². The number of benzene rings is 1. The Hall–Kier alpha value is -1.40. The Morgan fingerprint density at radius 2 is 1.84 bits per heavy atom. The van der Waals surface area contributed by atoms with Crippen molar-refractivity contribution >= 4 is 15.9 Å². The highest BCUT2D eigenvalue weighted by molar-refractivity contribution is 7.90. The summed E-state index contributed by atoms with van der Waals surface area (Å²) in [5.74, 6) is -0.477. The minimum Gasteiger partial charge on any atom is -0.315 e. The van der Waals surface area contributed by atoms with Crippen molar-refractivity contribution in [1.82, 2.24) is 10.0 Å². The standard InChI is InChI=1S/C13H20N2O3S/c1-11(2)14-10-6-9-13(16)15-19(17,18)12-7-4-3-5-8-12/h3-5,7-8,11,14H,6,9-10H2,1-2H3,(H,15,16). The summed E-state index contributed by atoms with van der Waals surface area (Å²) in [4.78, 5) is 11.7. The highest BCUT2D eigenvalue weighted by Crippen LogP contribution is 2.07. The van der Waals surface area contributed by atoms with E-state index in [1.54, 1.807) is 18.2 Å². The molecule has 0 spiro atoms. The SMILES string of the molecule is CC(C)NCCCC(=O)NS(=O)(=O)c1ccccc1. The van der Waals surface area contributed by atoms with Gasteiger partial charge in [0.1, 0.15) is 0 Å². The Labute approximate surface area is 114 Å². The zero-order chi connectivity index (χ0) is 14.3. The summed E-state index contributed by atoms with van der Waals surface area (Å²) in [6.45, 7) is 4.72. The van der Waals surface area contributed by atoms with Crippen LogP contribution < -0.4 is 10.0 Å². The van der Waals surface area contributed by atoms with Gasteiger partial charge in [-0.1, -0.05) is 32.0 Å². The molecule has 0 aliphatic carbocycles. The first-order valence-corrected chi connectivity index (χ1v) is 7.74. The van der Waals surface area contributed by atoms with E-state index < -0.39 is 15.9 Å². The molecule has 5 nitrogen and oxygen atoms in total. The first-order chi connectivity index (χ1) is 8.92. The van der Waals surface area contributed by atoms with E-state index in [2.05, 4.69) is 10.0 Å². The molecule has 0 unspecified atom stereocenters. The van der Waals surface area contributed by atoms with Crippen LogP contribution in [-0.2, 0) is 14.8 Å². The molecule has 1 rings (SSSR count). The molecule has 6 heteroatoms. The Balaban J connectivity index is 2.44. The van der Waals surface area contributed by atoms with Crippen LogP contribution in [0.15, 0.2) is 35.2 Å². The molecule has 1 amide bonds. The Morgan fingerprint density at radius 1 is 1.21 bits per heavy atom. The van der Waals surface area contributed by atoms with Gasteiger partial charge in [-0.25, -0.2) is 13.1 Å². The normalized spacial score (nSPS) is 11.5. The summed E-state index contributed by atoms with van der Waals surface area (Å²) >= 11 is 0. The van der Waals surface area contributed by atoms with E-state index in [4.69, 9.17) is 0 Å². The van der Waals surface area contributed by atoms with Crippen molar-refractivity contribution in [2.75, 3.05) is 6.54 Å². The molecule has 0 bridgehead atoms. The number of amides is 1. The van der Waals surface area contributed by atoms with Gasteiger partial charge in [0.15, 0.2) is 0 Å². The van der Waals surface area contributed by atoms with Crippen molar-refractivity contribution in [3.05, 3.63) is 30.3 Å². The number of rotatable bonds is 7. The topological polar surface area (TPSA) is 75.3 Å².